The molecule has 0 aliphatic heterocycles. The third-order valence-electron chi connectivity index (χ3n) is 2.18. The standard InChI is InChI=1S/C10H7N3.HI/c1-2-8-9(11-5-1)4-3-7-6-12-13-10(7)8;/h1-6H,(H,12,13);1H. The van der Waals surface area contributed by atoms with Crippen LogP contribution in [-0.2, 0) is 0 Å². The molecule has 0 aliphatic rings. The summed E-state index contributed by atoms with van der Waals surface area (Å²) >= 11 is 0. The molecule has 0 bridgehead atoms. The summed E-state index contributed by atoms with van der Waals surface area (Å²) < 4.78 is 0. The zero-order valence-corrected chi connectivity index (χ0v) is 9.60. The van der Waals surface area contributed by atoms with Gasteiger partial charge in [-0.3, -0.25) is 10.1 Å². The number of nitrogens with zero attached hydrogens (tertiary/aromatic N) is 2. The van der Waals surface area contributed by atoms with Gasteiger partial charge in [0.05, 0.1) is 5.52 Å². The molecule has 0 spiro atoms. The number of nitrogens with one attached hydrogen (secondary N) is 1. The van der Waals surface area contributed by atoms with Crippen LogP contribution < -0.4 is 0 Å². The lowest BCUT2D eigenvalue weighted by molar-refractivity contribution is 1.12. The molecule has 2 aromatic heterocycles. The van der Waals surface area contributed by atoms with Gasteiger partial charge >= 0.3 is 0 Å². The first-order valence-corrected chi connectivity index (χ1v) is 4.12. The summed E-state index contributed by atoms with van der Waals surface area (Å²) in [5.41, 5.74) is 1.98. The molecule has 3 aromatic rings. The average molecular weight is 297 g/mol. The molecule has 4 heteroatoms. The van der Waals surface area contributed by atoms with Crippen molar-refractivity contribution in [1.29, 1.82) is 0 Å². The van der Waals surface area contributed by atoms with Crippen LogP contribution in [0.1, 0.15) is 0 Å². The van der Waals surface area contributed by atoms with Gasteiger partial charge in [0, 0.05) is 23.2 Å². The predicted molar refractivity (Wildman–Crippen MR) is 66.8 cm³/mol. The molecule has 0 unspecified atom stereocenters. The van der Waals surface area contributed by atoms with Crippen LogP contribution in [0.5, 0.6) is 0 Å². The Bertz CT molecular complexity index is 573. The number of H-pyrrole nitrogens is 1. The summed E-state index contributed by atoms with van der Waals surface area (Å²) in [7, 11) is 0. The first kappa shape index (κ1) is 9.39. The number of aromatic amines is 1. The molecule has 0 saturated heterocycles. The van der Waals surface area contributed by atoms with Crippen molar-refractivity contribution in [3.8, 4) is 0 Å². The number of halogens is 1. The maximum Gasteiger partial charge on any atom is 0.101 e. The van der Waals surface area contributed by atoms with E-state index < -0.39 is 0 Å². The zero-order valence-electron chi connectivity index (χ0n) is 7.27. The van der Waals surface area contributed by atoms with Crippen LogP contribution in [0.15, 0.2) is 36.7 Å². The molecule has 1 aromatic carbocycles. The fourth-order valence-corrected chi connectivity index (χ4v) is 1.56. The van der Waals surface area contributed by atoms with E-state index in [0.29, 0.717) is 0 Å². The Labute approximate surface area is 97.6 Å². The highest BCUT2D eigenvalue weighted by molar-refractivity contribution is 14.0. The highest BCUT2D eigenvalue weighted by Gasteiger charge is 2.01. The first-order valence-electron chi connectivity index (χ1n) is 4.12. The molecule has 2 heterocycles. The van der Waals surface area contributed by atoms with E-state index in [4.69, 9.17) is 0 Å². The van der Waals surface area contributed by atoms with Crippen molar-refractivity contribution in [2.45, 2.75) is 0 Å². The molecule has 0 fully saturated rings. The van der Waals surface area contributed by atoms with Crippen LogP contribution in [0.25, 0.3) is 21.8 Å². The van der Waals surface area contributed by atoms with E-state index in [0.717, 1.165) is 21.8 Å². The van der Waals surface area contributed by atoms with E-state index >= 15 is 0 Å². The summed E-state index contributed by atoms with van der Waals surface area (Å²) in [6.45, 7) is 0. The Hall–Kier alpha value is -1.17. The predicted octanol–water partition coefficient (Wildman–Crippen LogP) is 2.73. The summed E-state index contributed by atoms with van der Waals surface area (Å²) in [6.07, 6.45) is 3.68. The number of benzene rings is 1. The third kappa shape index (κ3) is 1.26. The summed E-state index contributed by atoms with van der Waals surface area (Å²) in [6, 6.07) is 7.99. The topological polar surface area (TPSA) is 41.6 Å². The minimum atomic E-state index is 0. The van der Waals surface area contributed by atoms with E-state index in [2.05, 4.69) is 15.2 Å². The molecule has 0 saturated carbocycles. The van der Waals surface area contributed by atoms with E-state index in [1.165, 1.54) is 0 Å². The molecule has 3 nitrogen and oxygen atoms in total. The van der Waals surface area contributed by atoms with Crippen LogP contribution in [0.4, 0.5) is 0 Å². The lowest BCUT2D eigenvalue weighted by Gasteiger charge is -1.95. The van der Waals surface area contributed by atoms with E-state index in [1.807, 2.05) is 30.5 Å². The Balaban J connectivity index is 0.000000750. The molecule has 0 aliphatic carbocycles. The number of pyridine rings is 1. The van der Waals surface area contributed by atoms with E-state index in [9.17, 15) is 0 Å². The van der Waals surface area contributed by atoms with Gasteiger partial charge in [-0.1, -0.05) is 0 Å². The summed E-state index contributed by atoms with van der Waals surface area (Å²) in [5.74, 6) is 0. The zero-order chi connectivity index (χ0) is 8.67. The highest BCUT2D eigenvalue weighted by atomic mass is 127. The van der Waals surface area contributed by atoms with Gasteiger partial charge in [0.25, 0.3) is 0 Å². The largest absolute Gasteiger partial charge is 0.284 e. The van der Waals surface area contributed by atoms with Crippen LogP contribution in [-0.4, -0.2) is 15.2 Å². The molecule has 0 amide bonds. The maximum absolute atomic E-state index is 4.26. The number of rotatable bonds is 0. The number of aromatic nitrogens is 3. The number of fused-ring (bicyclic) bond motifs is 3. The van der Waals surface area contributed by atoms with Crippen molar-refractivity contribution in [1.82, 2.24) is 15.2 Å². The van der Waals surface area contributed by atoms with Gasteiger partial charge in [0.1, 0.15) is 5.52 Å². The minimum Gasteiger partial charge on any atom is -0.284 e. The fourth-order valence-electron chi connectivity index (χ4n) is 1.56. The number of hydrogen-bond acceptors (Lipinski definition) is 2. The monoisotopic (exact) mass is 297 g/mol. The van der Waals surface area contributed by atoms with Crippen molar-refractivity contribution in [2.24, 2.45) is 0 Å². The second-order valence-electron chi connectivity index (χ2n) is 2.96. The van der Waals surface area contributed by atoms with Crippen LogP contribution in [0, 0.1) is 0 Å². The highest BCUT2D eigenvalue weighted by Crippen LogP contribution is 2.20. The Morgan fingerprint density at radius 1 is 1.14 bits per heavy atom. The van der Waals surface area contributed by atoms with Crippen molar-refractivity contribution in [3.05, 3.63) is 36.7 Å². The SMILES string of the molecule is I.c1cnc2ccc3c[nH]nc3c2c1. The van der Waals surface area contributed by atoms with Gasteiger partial charge in [-0.25, -0.2) is 0 Å². The fraction of sp³-hybridized carbons (Fsp3) is 0. The Kier molecular flexibility index (Phi) is 2.37. The first-order chi connectivity index (χ1) is 6.45. The van der Waals surface area contributed by atoms with Gasteiger partial charge in [0.2, 0.25) is 0 Å². The van der Waals surface area contributed by atoms with Crippen molar-refractivity contribution in [3.63, 3.8) is 0 Å². The van der Waals surface area contributed by atoms with Crippen molar-refractivity contribution in [2.75, 3.05) is 0 Å². The molecule has 3 rings (SSSR count). The van der Waals surface area contributed by atoms with Crippen molar-refractivity contribution < 1.29 is 0 Å². The van der Waals surface area contributed by atoms with Gasteiger partial charge < -0.3 is 0 Å². The molecule has 14 heavy (non-hydrogen) atoms. The van der Waals surface area contributed by atoms with E-state index in [1.54, 1.807) is 6.20 Å². The smallest absolute Gasteiger partial charge is 0.101 e. The molecular formula is C10H8IN3. The Morgan fingerprint density at radius 2 is 2.07 bits per heavy atom. The second kappa shape index (κ2) is 3.53. The molecule has 1 N–H and O–H groups in total. The normalized spacial score (nSPS) is 10.3. The van der Waals surface area contributed by atoms with Crippen molar-refractivity contribution >= 4 is 45.8 Å². The number of hydrogen-bond donors (Lipinski definition) is 1. The molecular weight excluding hydrogens is 289 g/mol. The van der Waals surface area contributed by atoms with Gasteiger partial charge in [-0.2, -0.15) is 5.10 Å². The average Bonchev–Trinajstić information content (AvgIpc) is 2.65. The van der Waals surface area contributed by atoms with Crippen LogP contribution in [0.3, 0.4) is 0 Å². The molecule has 0 atom stereocenters. The second-order valence-corrected chi connectivity index (χ2v) is 2.96. The van der Waals surface area contributed by atoms with Gasteiger partial charge in [-0.05, 0) is 24.3 Å². The molecule has 70 valence electrons. The lowest BCUT2D eigenvalue weighted by Crippen LogP contribution is -1.78. The third-order valence-corrected chi connectivity index (χ3v) is 2.18. The lowest BCUT2D eigenvalue weighted by atomic mass is 10.1. The van der Waals surface area contributed by atoms with Gasteiger partial charge in [-0.15, -0.1) is 24.0 Å². The van der Waals surface area contributed by atoms with Crippen LogP contribution in [0.2, 0.25) is 0 Å². The summed E-state index contributed by atoms with van der Waals surface area (Å²) in [4.78, 5) is 4.26. The summed E-state index contributed by atoms with van der Waals surface area (Å²) in [5, 5.41) is 9.26. The molecule has 0 radical (unpaired) electrons. The quantitative estimate of drug-likeness (QED) is 0.648. The maximum atomic E-state index is 4.26. The van der Waals surface area contributed by atoms with Gasteiger partial charge in [0.15, 0.2) is 0 Å². The van der Waals surface area contributed by atoms with E-state index in [-0.39, 0.29) is 24.0 Å². The Morgan fingerprint density at radius 3 is 3.00 bits per heavy atom. The minimum absolute atomic E-state index is 0. The van der Waals surface area contributed by atoms with Crippen LogP contribution >= 0.6 is 24.0 Å².